The molecule has 7 heteroatoms. The van der Waals surface area contributed by atoms with Crippen molar-refractivity contribution >= 4 is 17.6 Å². The van der Waals surface area contributed by atoms with Gasteiger partial charge in [0.25, 0.3) is 0 Å². The third kappa shape index (κ3) is 6.36. The number of guanidine groups is 1. The first kappa shape index (κ1) is 22.4. The van der Waals surface area contributed by atoms with Crippen LogP contribution in [0.3, 0.4) is 0 Å². The Morgan fingerprint density at radius 2 is 2.07 bits per heavy atom. The molecule has 7 nitrogen and oxygen atoms in total. The maximum absolute atomic E-state index is 11.4. The van der Waals surface area contributed by atoms with Gasteiger partial charge >= 0.3 is 0 Å². The Hall–Kier alpha value is -2.28. The van der Waals surface area contributed by atoms with Crippen LogP contribution in [0.4, 0.5) is 5.69 Å². The first-order chi connectivity index (χ1) is 14.6. The van der Waals surface area contributed by atoms with Gasteiger partial charge in [-0.05, 0) is 69.8 Å². The summed E-state index contributed by atoms with van der Waals surface area (Å²) in [6.07, 6.45) is 5.56. The van der Waals surface area contributed by atoms with Gasteiger partial charge in [0.2, 0.25) is 5.91 Å². The molecule has 2 unspecified atom stereocenters. The second-order valence-corrected chi connectivity index (χ2v) is 8.55. The largest absolute Gasteiger partial charge is 0.372 e. The number of anilines is 1. The van der Waals surface area contributed by atoms with Gasteiger partial charge in [-0.25, -0.2) is 0 Å². The van der Waals surface area contributed by atoms with Crippen molar-refractivity contribution in [3.8, 4) is 0 Å². The average Bonchev–Trinajstić information content (AvgIpc) is 3.31. The van der Waals surface area contributed by atoms with Gasteiger partial charge in [0.05, 0.1) is 12.0 Å². The van der Waals surface area contributed by atoms with Gasteiger partial charge in [-0.3, -0.25) is 9.79 Å². The fourth-order valence-electron chi connectivity index (χ4n) is 4.45. The SMILES string of the molecule is CN=C(NCCCN1CCCC(C(N)=O)C1)NC(C)c1cccc(N2CCCC2)c1. The maximum atomic E-state index is 11.4. The molecule has 4 N–H and O–H groups in total. The molecule has 166 valence electrons. The van der Waals surface area contributed by atoms with Crippen LogP contribution >= 0.6 is 0 Å². The Balaban J connectivity index is 1.42. The van der Waals surface area contributed by atoms with E-state index in [1.165, 1.54) is 24.1 Å². The summed E-state index contributed by atoms with van der Waals surface area (Å²) in [6.45, 7) is 8.16. The number of likely N-dealkylation sites (tertiary alicyclic amines) is 1. The average molecular weight is 415 g/mol. The molecule has 0 saturated carbocycles. The number of aliphatic imine (C=N–C) groups is 1. The second kappa shape index (κ2) is 11.2. The number of carbonyl (C=O) groups excluding carboxylic acids is 1. The van der Waals surface area contributed by atoms with Gasteiger partial charge < -0.3 is 26.2 Å². The van der Waals surface area contributed by atoms with Crippen LogP contribution in [0.2, 0.25) is 0 Å². The topological polar surface area (TPSA) is 86.0 Å². The smallest absolute Gasteiger partial charge is 0.221 e. The summed E-state index contributed by atoms with van der Waals surface area (Å²) in [6, 6.07) is 9.00. The van der Waals surface area contributed by atoms with Crippen molar-refractivity contribution in [1.82, 2.24) is 15.5 Å². The molecule has 2 fully saturated rings. The summed E-state index contributed by atoms with van der Waals surface area (Å²) in [5.41, 5.74) is 8.06. The zero-order chi connectivity index (χ0) is 21.3. The molecule has 30 heavy (non-hydrogen) atoms. The number of rotatable bonds is 8. The molecule has 0 aromatic heterocycles. The predicted octanol–water partition coefficient (Wildman–Crippen LogP) is 2.10. The third-order valence-electron chi connectivity index (χ3n) is 6.27. The second-order valence-electron chi connectivity index (χ2n) is 8.55. The minimum Gasteiger partial charge on any atom is -0.372 e. The zero-order valence-corrected chi connectivity index (χ0v) is 18.6. The molecule has 1 aromatic carbocycles. The van der Waals surface area contributed by atoms with Crippen LogP contribution in [0.1, 0.15) is 50.6 Å². The van der Waals surface area contributed by atoms with E-state index in [4.69, 9.17) is 5.73 Å². The van der Waals surface area contributed by atoms with Crippen LogP contribution in [-0.4, -0.2) is 63.1 Å². The van der Waals surface area contributed by atoms with Crippen LogP contribution in [0.25, 0.3) is 0 Å². The predicted molar refractivity (Wildman–Crippen MR) is 124 cm³/mol. The van der Waals surface area contributed by atoms with E-state index in [-0.39, 0.29) is 17.9 Å². The number of hydrogen-bond acceptors (Lipinski definition) is 4. The molecule has 2 aliphatic rings. The summed E-state index contributed by atoms with van der Waals surface area (Å²) >= 11 is 0. The van der Waals surface area contributed by atoms with Crippen molar-refractivity contribution in [2.24, 2.45) is 16.6 Å². The quantitative estimate of drug-likeness (QED) is 0.345. The summed E-state index contributed by atoms with van der Waals surface area (Å²) in [7, 11) is 1.81. The van der Waals surface area contributed by atoms with E-state index in [1.54, 1.807) is 0 Å². The van der Waals surface area contributed by atoms with E-state index in [0.717, 1.165) is 64.5 Å². The number of benzene rings is 1. The highest BCUT2D eigenvalue weighted by Gasteiger charge is 2.23. The van der Waals surface area contributed by atoms with Crippen molar-refractivity contribution in [1.29, 1.82) is 0 Å². The van der Waals surface area contributed by atoms with Crippen LogP contribution in [0.5, 0.6) is 0 Å². The molecule has 0 aliphatic carbocycles. The van der Waals surface area contributed by atoms with E-state index in [0.29, 0.717) is 0 Å². The van der Waals surface area contributed by atoms with Crippen LogP contribution in [0, 0.1) is 5.92 Å². The summed E-state index contributed by atoms with van der Waals surface area (Å²) < 4.78 is 0. The van der Waals surface area contributed by atoms with Gasteiger partial charge in [0, 0.05) is 38.9 Å². The number of nitrogens with zero attached hydrogens (tertiary/aromatic N) is 3. The van der Waals surface area contributed by atoms with Crippen molar-refractivity contribution in [2.75, 3.05) is 51.2 Å². The van der Waals surface area contributed by atoms with Gasteiger partial charge in [-0.1, -0.05) is 12.1 Å². The number of nitrogens with two attached hydrogens (primary N) is 1. The highest BCUT2D eigenvalue weighted by Crippen LogP contribution is 2.24. The summed E-state index contributed by atoms with van der Waals surface area (Å²) in [5, 5.41) is 6.93. The zero-order valence-electron chi connectivity index (χ0n) is 18.6. The van der Waals surface area contributed by atoms with Crippen LogP contribution in [0.15, 0.2) is 29.3 Å². The normalized spacial score (nSPS) is 21.5. The number of nitrogens with one attached hydrogen (secondary N) is 2. The lowest BCUT2D eigenvalue weighted by Gasteiger charge is -2.31. The molecule has 3 rings (SSSR count). The first-order valence-electron chi connectivity index (χ1n) is 11.4. The molecule has 2 heterocycles. The van der Waals surface area contributed by atoms with E-state index in [1.807, 2.05) is 7.05 Å². The highest BCUT2D eigenvalue weighted by atomic mass is 16.1. The molecule has 2 atom stereocenters. The summed E-state index contributed by atoms with van der Waals surface area (Å²) in [4.78, 5) is 20.6. The fourth-order valence-corrected chi connectivity index (χ4v) is 4.45. The fraction of sp³-hybridized carbons (Fsp3) is 0.652. The number of primary amides is 1. The molecule has 0 spiro atoms. The first-order valence-corrected chi connectivity index (χ1v) is 11.4. The summed E-state index contributed by atoms with van der Waals surface area (Å²) in [5.74, 6) is 0.672. The minimum atomic E-state index is -0.162. The molecular formula is C23H38N6O. The Kier molecular flexibility index (Phi) is 8.37. The molecule has 2 aliphatic heterocycles. The molecule has 0 radical (unpaired) electrons. The highest BCUT2D eigenvalue weighted by molar-refractivity contribution is 5.80. The molecule has 1 aromatic rings. The van der Waals surface area contributed by atoms with E-state index in [9.17, 15) is 4.79 Å². The standard InChI is InChI=1S/C23H38N6O/c1-18(19-8-5-10-21(16-19)29-14-3-4-15-29)27-23(25-2)26-11-7-13-28-12-6-9-20(17-28)22(24)30/h5,8,10,16,18,20H,3-4,6-7,9,11-15,17H2,1-2H3,(H2,24,30)(H2,25,26,27). The van der Waals surface area contributed by atoms with Crippen molar-refractivity contribution in [2.45, 2.75) is 45.1 Å². The molecule has 1 amide bonds. The molecular weight excluding hydrogens is 376 g/mol. The van der Waals surface area contributed by atoms with Crippen LogP contribution in [-0.2, 0) is 4.79 Å². The van der Waals surface area contributed by atoms with Gasteiger partial charge in [0.1, 0.15) is 0 Å². The Labute approximate surface area is 181 Å². The monoisotopic (exact) mass is 414 g/mol. The minimum absolute atomic E-state index is 0.0123. The van der Waals surface area contributed by atoms with Gasteiger partial charge in [0.15, 0.2) is 5.96 Å². The number of piperidine rings is 1. The van der Waals surface area contributed by atoms with Crippen molar-refractivity contribution in [3.63, 3.8) is 0 Å². The lowest BCUT2D eigenvalue weighted by Crippen LogP contribution is -2.43. The van der Waals surface area contributed by atoms with E-state index >= 15 is 0 Å². The molecule has 2 saturated heterocycles. The van der Waals surface area contributed by atoms with Gasteiger partial charge in [-0.2, -0.15) is 0 Å². The number of hydrogen-bond donors (Lipinski definition) is 3. The van der Waals surface area contributed by atoms with E-state index in [2.05, 4.69) is 56.6 Å². The number of carbonyl (C=O) groups is 1. The Bertz CT molecular complexity index is 715. The number of amides is 1. The lowest BCUT2D eigenvalue weighted by atomic mass is 9.97. The Morgan fingerprint density at radius 1 is 1.27 bits per heavy atom. The van der Waals surface area contributed by atoms with Crippen molar-refractivity contribution in [3.05, 3.63) is 29.8 Å². The third-order valence-corrected chi connectivity index (χ3v) is 6.27. The molecule has 0 bridgehead atoms. The van der Waals surface area contributed by atoms with E-state index < -0.39 is 0 Å². The van der Waals surface area contributed by atoms with Gasteiger partial charge in [-0.15, -0.1) is 0 Å². The lowest BCUT2D eigenvalue weighted by molar-refractivity contribution is -0.123. The van der Waals surface area contributed by atoms with Crippen LogP contribution < -0.4 is 21.3 Å². The van der Waals surface area contributed by atoms with Crippen molar-refractivity contribution < 1.29 is 4.79 Å². The maximum Gasteiger partial charge on any atom is 0.221 e. The Morgan fingerprint density at radius 3 is 2.80 bits per heavy atom.